The van der Waals surface area contributed by atoms with Crippen LogP contribution in [0.3, 0.4) is 0 Å². The first kappa shape index (κ1) is 28.5. The van der Waals surface area contributed by atoms with Gasteiger partial charge in [-0.15, -0.1) is 0 Å². The number of amides is 1. The van der Waals surface area contributed by atoms with E-state index in [2.05, 4.69) is 0 Å². The molecule has 0 saturated carbocycles. The van der Waals surface area contributed by atoms with Crippen molar-refractivity contribution >= 4 is 15.9 Å². The van der Waals surface area contributed by atoms with E-state index in [1.54, 1.807) is 39.3 Å². The number of hydrogen-bond acceptors (Lipinski definition) is 6. The molecule has 1 heterocycles. The Morgan fingerprint density at radius 3 is 2.46 bits per heavy atom. The summed E-state index contributed by atoms with van der Waals surface area (Å²) in [5, 5.41) is 9.85. The fourth-order valence-electron chi connectivity index (χ4n) is 4.60. The number of aliphatic hydroxyl groups excluding tert-OH is 1. The van der Waals surface area contributed by atoms with Crippen molar-refractivity contribution in [2.45, 2.75) is 30.9 Å². The lowest BCUT2D eigenvalue weighted by molar-refractivity contribution is 0.0560. The van der Waals surface area contributed by atoms with E-state index in [0.29, 0.717) is 5.75 Å². The maximum absolute atomic E-state index is 14.3. The van der Waals surface area contributed by atoms with Crippen LogP contribution in [-0.4, -0.2) is 74.6 Å². The van der Waals surface area contributed by atoms with Crippen LogP contribution in [0.15, 0.2) is 71.6 Å². The Kier molecular flexibility index (Phi) is 8.58. The summed E-state index contributed by atoms with van der Waals surface area (Å²) in [6, 6.07) is 17.3. The molecule has 208 valence electrons. The maximum Gasteiger partial charge on any atom is 0.256 e. The first-order valence-electron chi connectivity index (χ1n) is 12.6. The number of carbonyl (C=O) groups is 1. The number of nitrogens with zero attached hydrogens (tertiary/aromatic N) is 2. The molecular weight excluding hydrogens is 523 g/mol. The monoisotopic (exact) mass is 556 g/mol. The lowest BCUT2D eigenvalue weighted by atomic mass is 10.0. The molecule has 0 aliphatic carbocycles. The molecule has 10 heteroatoms. The van der Waals surface area contributed by atoms with Gasteiger partial charge in [0.05, 0.1) is 25.8 Å². The SMILES string of the molecule is COc1ccc(-c2ccc3c(c2)O[C@H](CN(C)C(=O)c2ccccc2F)[C@H](C)CN([C@H](C)CO)S3(=O)=O)cc1. The van der Waals surface area contributed by atoms with Crippen molar-refractivity contribution in [1.29, 1.82) is 0 Å². The second-order valence-corrected chi connectivity index (χ2v) is 11.7. The quantitative estimate of drug-likeness (QED) is 0.472. The third kappa shape index (κ3) is 5.93. The predicted molar refractivity (Wildman–Crippen MR) is 146 cm³/mol. The number of fused-ring (bicyclic) bond motifs is 1. The second kappa shape index (κ2) is 11.7. The molecule has 0 saturated heterocycles. The number of ether oxygens (including phenoxy) is 2. The molecule has 1 aliphatic rings. The Hall–Kier alpha value is -3.47. The van der Waals surface area contributed by atoms with Crippen molar-refractivity contribution in [2.75, 3.05) is 33.9 Å². The Morgan fingerprint density at radius 1 is 1.15 bits per heavy atom. The Labute approximate surface area is 228 Å². The summed E-state index contributed by atoms with van der Waals surface area (Å²) < 4.78 is 54.6. The summed E-state index contributed by atoms with van der Waals surface area (Å²) in [7, 11) is -0.880. The van der Waals surface area contributed by atoms with Gasteiger partial charge in [0.15, 0.2) is 0 Å². The zero-order chi connectivity index (χ0) is 28.3. The van der Waals surface area contributed by atoms with Crippen molar-refractivity contribution in [3.8, 4) is 22.6 Å². The zero-order valence-electron chi connectivity index (χ0n) is 22.4. The molecule has 3 aromatic rings. The molecule has 1 N–H and O–H groups in total. The van der Waals surface area contributed by atoms with Crippen LogP contribution in [0.4, 0.5) is 4.39 Å². The van der Waals surface area contributed by atoms with Gasteiger partial charge in [0.25, 0.3) is 5.91 Å². The number of benzene rings is 3. The normalized spacial score (nSPS) is 19.6. The van der Waals surface area contributed by atoms with E-state index in [1.165, 1.54) is 33.5 Å². The molecule has 0 spiro atoms. The van der Waals surface area contributed by atoms with Crippen LogP contribution in [0, 0.1) is 11.7 Å². The van der Waals surface area contributed by atoms with Crippen LogP contribution in [0.25, 0.3) is 11.1 Å². The van der Waals surface area contributed by atoms with Gasteiger partial charge in [-0.1, -0.05) is 37.3 Å². The highest BCUT2D eigenvalue weighted by atomic mass is 32.2. The number of methoxy groups -OCH3 is 1. The zero-order valence-corrected chi connectivity index (χ0v) is 23.2. The van der Waals surface area contributed by atoms with E-state index in [1.807, 2.05) is 31.2 Å². The van der Waals surface area contributed by atoms with Crippen LogP contribution in [0.5, 0.6) is 11.5 Å². The number of carbonyl (C=O) groups excluding carboxylic acids is 1. The molecule has 0 radical (unpaired) electrons. The van der Waals surface area contributed by atoms with Gasteiger partial charge in [0.2, 0.25) is 10.0 Å². The average molecular weight is 557 g/mol. The summed E-state index contributed by atoms with van der Waals surface area (Å²) >= 11 is 0. The Bertz CT molecular complexity index is 1430. The fourth-order valence-corrected chi connectivity index (χ4v) is 6.43. The lowest BCUT2D eigenvalue weighted by Gasteiger charge is -2.37. The van der Waals surface area contributed by atoms with Crippen LogP contribution >= 0.6 is 0 Å². The molecular formula is C29H33FN2O6S. The van der Waals surface area contributed by atoms with Crippen LogP contribution in [-0.2, 0) is 10.0 Å². The maximum atomic E-state index is 14.3. The molecule has 0 bridgehead atoms. The standard InChI is InChI=1S/C29H33FN2O6S/c1-19-16-32(20(2)18-33)39(35,36)28-14-11-22(21-9-12-23(37-4)13-10-21)15-26(28)38-27(19)17-31(3)29(34)24-7-5-6-8-25(24)30/h5-15,19-20,27,33H,16-18H2,1-4H3/t19-,20-,27-/m1/s1. The Balaban J connectivity index is 1.74. The van der Waals surface area contributed by atoms with E-state index < -0.39 is 33.9 Å². The number of aliphatic hydroxyl groups is 1. The number of likely N-dealkylation sites (N-methyl/N-ethyl adjacent to an activating group) is 1. The number of halogens is 1. The van der Waals surface area contributed by atoms with Gasteiger partial charge < -0.3 is 19.5 Å². The fraction of sp³-hybridized carbons (Fsp3) is 0.345. The summed E-state index contributed by atoms with van der Waals surface area (Å²) in [4.78, 5) is 14.4. The first-order chi connectivity index (χ1) is 18.6. The smallest absolute Gasteiger partial charge is 0.256 e. The molecule has 1 amide bonds. The number of hydrogen-bond donors (Lipinski definition) is 1. The van der Waals surface area contributed by atoms with E-state index in [0.717, 1.165) is 11.1 Å². The Morgan fingerprint density at radius 2 is 1.82 bits per heavy atom. The summed E-state index contributed by atoms with van der Waals surface area (Å²) in [5.41, 5.74) is 1.51. The average Bonchev–Trinajstić information content (AvgIpc) is 2.94. The molecule has 8 nitrogen and oxygen atoms in total. The van der Waals surface area contributed by atoms with Crippen molar-refractivity contribution < 1.29 is 32.2 Å². The van der Waals surface area contributed by atoms with Gasteiger partial charge in [0.1, 0.15) is 28.3 Å². The topological polar surface area (TPSA) is 96.4 Å². The first-order valence-corrected chi connectivity index (χ1v) is 14.1. The van der Waals surface area contributed by atoms with Crippen molar-refractivity contribution in [3.05, 3.63) is 78.1 Å². The van der Waals surface area contributed by atoms with E-state index in [-0.39, 0.29) is 41.8 Å². The highest BCUT2D eigenvalue weighted by molar-refractivity contribution is 7.89. The summed E-state index contributed by atoms with van der Waals surface area (Å²) in [6.45, 7) is 3.26. The van der Waals surface area contributed by atoms with Gasteiger partial charge in [0, 0.05) is 25.6 Å². The van der Waals surface area contributed by atoms with Gasteiger partial charge in [-0.2, -0.15) is 4.31 Å². The minimum absolute atomic E-state index is 0.0277. The third-order valence-electron chi connectivity index (χ3n) is 7.00. The summed E-state index contributed by atoms with van der Waals surface area (Å²) in [6.07, 6.45) is -0.625. The molecule has 4 rings (SSSR count). The third-order valence-corrected chi connectivity index (χ3v) is 9.01. The van der Waals surface area contributed by atoms with Gasteiger partial charge in [-0.05, 0) is 54.4 Å². The molecule has 3 aromatic carbocycles. The van der Waals surface area contributed by atoms with Crippen LogP contribution in [0.2, 0.25) is 0 Å². The molecule has 39 heavy (non-hydrogen) atoms. The van der Waals surface area contributed by atoms with E-state index in [9.17, 15) is 22.7 Å². The van der Waals surface area contributed by atoms with Crippen molar-refractivity contribution in [2.24, 2.45) is 5.92 Å². The van der Waals surface area contributed by atoms with Crippen molar-refractivity contribution in [1.82, 2.24) is 9.21 Å². The minimum atomic E-state index is -4.02. The number of rotatable bonds is 7. The molecule has 1 aliphatic heterocycles. The second-order valence-electron chi connectivity index (χ2n) is 9.80. The molecule has 0 aromatic heterocycles. The highest BCUT2D eigenvalue weighted by Crippen LogP contribution is 2.37. The highest BCUT2D eigenvalue weighted by Gasteiger charge is 2.38. The minimum Gasteiger partial charge on any atom is -0.497 e. The lowest BCUT2D eigenvalue weighted by Crippen LogP contribution is -2.50. The number of sulfonamides is 1. The van der Waals surface area contributed by atoms with Gasteiger partial charge in [-0.3, -0.25) is 4.79 Å². The van der Waals surface area contributed by atoms with Crippen molar-refractivity contribution in [3.63, 3.8) is 0 Å². The predicted octanol–water partition coefficient (Wildman–Crippen LogP) is 4.04. The molecule has 3 atom stereocenters. The summed E-state index contributed by atoms with van der Waals surface area (Å²) in [5.74, 6) is -0.672. The van der Waals surface area contributed by atoms with Crippen LogP contribution < -0.4 is 9.47 Å². The van der Waals surface area contributed by atoms with Gasteiger partial charge in [-0.25, -0.2) is 12.8 Å². The molecule has 0 unspecified atom stereocenters. The van der Waals surface area contributed by atoms with Crippen LogP contribution in [0.1, 0.15) is 24.2 Å². The molecule has 0 fully saturated rings. The largest absolute Gasteiger partial charge is 0.497 e. The van der Waals surface area contributed by atoms with E-state index >= 15 is 0 Å². The van der Waals surface area contributed by atoms with E-state index in [4.69, 9.17) is 9.47 Å². The van der Waals surface area contributed by atoms with Gasteiger partial charge >= 0.3 is 0 Å².